The van der Waals surface area contributed by atoms with Gasteiger partial charge in [-0.05, 0) is 61.4 Å². The summed E-state index contributed by atoms with van der Waals surface area (Å²) in [6.45, 7) is 15.5. The largest absolute Gasteiger partial charge is 0.379 e. The minimum absolute atomic E-state index is 0.0684. The van der Waals surface area contributed by atoms with Gasteiger partial charge in [0.15, 0.2) is 6.29 Å². The standard InChI is InChI=1S/C39H58N6O4/c1-7-12-15-30(10-4)27-45(28-31(11-5)16-13-8-2)35-17-18-36(37(24-35)42-29(6)46)43-44-38-33(25-40)22-32(23-34(38)26-41)39(47)49-21-20-48-19-14-9-3/h17-18,22-24,30-31,39,47H,7-16,19-21,27-28H2,1-6H3,(H,42,46). The first-order chi connectivity index (χ1) is 23.7. The van der Waals surface area contributed by atoms with Crippen LogP contribution in [0.4, 0.5) is 22.7 Å². The van der Waals surface area contributed by atoms with Crippen molar-refractivity contribution in [3.8, 4) is 12.1 Å². The van der Waals surface area contributed by atoms with Gasteiger partial charge >= 0.3 is 0 Å². The number of hydrogen-bond acceptors (Lipinski definition) is 9. The van der Waals surface area contributed by atoms with Crippen molar-refractivity contribution in [3.05, 3.63) is 47.0 Å². The number of aliphatic hydroxyl groups is 1. The number of azo groups is 1. The summed E-state index contributed by atoms with van der Waals surface area (Å²) in [5.74, 6) is 0.882. The molecule has 2 aromatic rings. The van der Waals surface area contributed by atoms with Crippen LogP contribution < -0.4 is 10.2 Å². The molecule has 3 atom stereocenters. The van der Waals surface area contributed by atoms with E-state index in [2.05, 4.69) is 67.2 Å². The molecule has 0 aliphatic carbocycles. The molecule has 0 fully saturated rings. The maximum absolute atomic E-state index is 12.3. The van der Waals surface area contributed by atoms with Gasteiger partial charge in [-0.1, -0.05) is 79.6 Å². The molecule has 0 heterocycles. The van der Waals surface area contributed by atoms with Crippen LogP contribution in [0, 0.1) is 34.5 Å². The van der Waals surface area contributed by atoms with E-state index in [9.17, 15) is 20.4 Å². The molecule has 10 nitrogen and oxygen atoms in total. The third-order valence-corrected chi connectivity index (χ3v) is 8.76. The second-order valence-corrected chi connectivity index (χ2v) is 12.7. The number of carbonyl (C=O) groups is 1. The van der Waals surface area contributed by atoms with Crippen LogP contribution in [-0.4, -0.2) is 43.9 Å². The second-order valence-electron chi connectivity index (χ2n) is 12.7. The van der Waals surface area contributed by atoms with Gasteiger partial charge in [0.1, 0.15) is 23.5 Å². The molecule has 0 aliphatic rings. The summed E-state index contributed by atoms with van der Waals surface area (Å²) in [7, 11) is 0. The van der Waals surface area contributed by atoms with Crippen LogP contribution in [0.2, 0.25) is 0 Å². The van der Waals surface area contributed by atoms with E-state index in [0.717, 1.165) is 44.5 Å². The number of benzene rings is 2. The van der Waals surface area contributed by atoms with Crippen molar-refractivity contribution < 1.29 is 19.4 Å². The first-order valence-electron chi connectivity index (χ1n) is 18.2. The van der Waals surface area contributed by atoms with Crippen LogP contribution in [0.1, 0.15) is 129 Å². The van der Waals surface area contributed by atoms with Crippen LogP contribution in [0.15, 0.2) is 40.6 Å². The van der Waals surface area contributed by atoms with Crippen molar-refractivity contribution in [2.45, 2.75) is 112 Å². The molecule has 0 saturated heterocycles. The number of amides is 1. The number of anilines is 2. The molecule has 0 aliphatic heterocycles. The van der Waals surface area contributed by atoms with Crippen molar-refractivity contribution in [2.24, 2.45) is 22.1 Å². The molecule has 49 heavy (non-hydrogen) atoms. The minimum Gasteiger partial charge on any atom is -0.379 e. The SMILES string of the molecule is CCCCOCCOC(O)c1cc(C#N)c(N=Nc2ccc(N(CC(CC)CCCC)CC(CC)CCCC)cc2NC(C)=O)c(C#N)c1. The zero-order valence-corrected chi connectivity index (χ0v) is 30.6. The lowest BCUT2D eigenvalue weighted by Crippen LogP contribution is -2.34. The van der Waals surface area contributed by atoms with E-state index in [1.807, 2.05) is 18.2 Å². The van der Waals surface area contributed by atoms with Crippen molar-refractivity contribution in [1.82, 2.24) is 0 Å². The molecule has 2 aromatic carbocycles. The Balaban J connectivity index is 2.44. The number of rotatable bonds is 24. The van der Waals surface area contributed by atoms with E-state index in [1.54, 1.807) is 0 Å². The van der Waals surface area contributed by atoms with Crippen LogP contribution in [-0.2, 0) is 14.3 Å². The van der Waals surface area contributed by atoms with Gasteiger partial charge in [-0.3, -0.25) is 4.79 Å². The fourth-order valence-corrected chi connectivity index (χ4v) is 5.69. The molecular weight excluding hydrogens is 616 g/mol. The monoisotopic (exact) mass is 674 g/mol. The lowest BCUT2D eigenvalue weighted by molar-refractivity contribution is -0.116. The molecule has 10 heteroatoms. The van der Waals surface area contributed by atoms with Gasteiger partial charge < -0.3 is 24.8 Å². The Morgan fingerprint density at radius 1 is 0.857 bits per heavy atom. The van der Waals surface area contributed by atoms with E-state index in [0.29, 0.717) is 36.4 Å². The number of carbonyl (C=O) groups excluding carboxylic acids is 1. The summed E-state index contributed by atoms with van der Waals surface area (Å²) in [6.07, 6.45) is 9.93. The maximum Gasteiger partial charge on any atom is 0.221 e. The highest BCUT2D eigenvalue weighted by Crippen LogP contribution is 2.35. The molecule has 3 unspecified atom stereocenters. The Hall–Kier alpha value is -3.83. The molecule has 2 N–H and O–H groups in total. The van der Waals surface area contributed by atoms with E-state index in [1.165, 1.54) is 57.6 Å². The lowest BCUT2D eigenvalue weighted by Gasteiger charge is -2.33. The Labute approximate surface area is 294 Å². The summed E-state index contributed by atoms with van der Waals surface area (Å²) >= 11 is 0. The molecule has 2 rings (SSSR count). The molecule has 1 amide bonds. The van der Waals surface area contributed by atoms with E-state index >= 15 is 0 Å². The predicted octanol–water partition coefficient (Wildman–Crippen LogP) is 9.87. The van der Waals surface area contributed by atoms with E-state index < -0.39 is 6.29 Å². The number of nitrogens with zero attached hydrogens (tertiary/aromatic N) is 5. The maximum atomic E-state index is 12.3. The highest BCUT2D eigenvalue weighted by Gasteiger charge is 2.20. The quantitative estimate of drug-likeness (QED) is 0.0641. The van der Waals surface area contributed by atoms with Crippen molar-refractivity contribution >= 4 is 28.7 Å². The number of ether oxygens (including phenoxy) is 2. The zero-order valence-electron chi connectivity index (χ0n) is 30.6. The van der Waals surface area contributed by atoms with Gasteiger partial charge in [0, 0.05) is 37.9 Å². The van der Waals surface area contributed by atoms with Crippen LogP contribution in [0.5, 0.6) is 0 Å². The summed E-state index contributed by atoms with van der Waals surface area (Å²) < 4.78 is 10.9. The summed E-state index contributed by atoms with van der Waals surface area (Å²) in [6, 6.07) is 12.8. The Morgan fingerprint density at radius 3 is 1.96 bits per heavy atom. The van der Waals surface area contributed by atoms with Gasteiger partial charge in [-0.15, -0.1) is 10.2 Å². The number of nitrogens with one attached hydrogen (secondary N) is 1. The molecule has 0 bridgehead atoms. The van der Waals surface area contributed by atoms with Gasteiger partial charge in [-0.25, -0.2) is 0 Å². The minimum atomic E-state index is -1.34. The van der Waals surface area contributed by atoms with Gasteiger partial charge in [0.05, 0.1) is 30.0 Å². The van der Waals surface area contributed by atoms with Crippen molar-refractivity contribution in [2.75, 3.05) is 43.1 Å². The topological polar surface area (TPSA) is 143 Å². The van der Waals surface area contributed by atoms with Crippen molar-refractivity contribution in [3.63, 3.8) is 0 Å². The average molecular weight is 675 g/mol. The van der Waals surface area contributed by atoms with Gasteiger partial charge in [0.2, 0.25) is 5.91 Å². The molecule has 0 saturated carbocycles. The molecular formula is C39H58N6O4. The van der Waals surface area contributed by atoms with Gasteiger partial charge in [0.25, 0.3) is 0 Å². The van der Waals surface area contributed by atoms with E-state index in [4.69, 9.17) is 9.47 Å². The average Bonchev–Trinajstić information content (AvgIpc) is 3.11. The van der Waals surface area contributed by atoms with Gasteiger partial charge in [-0.2, -0.15) is 10.5 Å². The van der Waals surface area contributed by atoms with Crippen LogP contribution in [0.3, 0.4) is 0 Å². The number of nitriles is 2. The Bertz CT molecular complexity index is 1350. The number of aliphatic hydroxyl groups excluding tert-OH is 1. The highest BCUT2D eigenvalue weighted by atomic mass is 16.6. The smallest absolute Gasteiger partial charge is 0.221 e. The predicted molar refractivity (Wildman–Crippen MR) is 196 cm³/mol. The first-order valence-corrected chi connectivity index (χ1v) is 18.2. The summed E-state index contributed by atoms with van der Waals surface area (Å²) in [5.41, 5.74) is 2.39. The fraction of sp³-hybridized carbons (Fsp3) is 0.615. The number of hydrogen-bond donors (Lipinski definition) is 2. The fourth-order valence-electron chi connectivity index (χ4n) is 5.69. The third kappa shape index (κ3) is 14.3. The summed E-state index contributed by atoms with van der Waals surface area (Å²) in [4.78, 5) is 14.8. The molecule has 0 radical (unpaired) electrons. The zero-order chi connectivity index (χ0) is 36.0. The highest BCUT2D eigenvalue weighted by molar-refractivity contribution is 5.93. The summed E-state index contributed by atoms with van der Waals surface area (Å²) in [5, 5.41) is 42.1. The van der Waals surface area contributed by atoms with Crippen LogP contribution >= 0.6 is 0 Å². The number of unbranched alkanes of at least 4 members (excludes halogenated alkanes) is 3. The van der Waals surface area contributed by atoms with E-state index in [-0.39, 0.29) is 34.9 Å². The molecule has 0 spiro atoms. The Kier molecular flexibility index (Phi) is 19.8. The van der Waals surface area contributed by atoms with Crippen LogP contribution in [0.25, 0.3) is 0 Å². The molecule has 0 aromatic heterocycles. The van der Waals surface area contributed by atoms with Crippen molar-refractivity contribution in [1.29, 1.82) is 10.5 Å². The lowest BCUT2D eigenvalue weighted by atomic mass is 9.95. The second kappa shape index (κ2) is 23.5. The Morgan fingerprint density at radius 2 is 1.45 bits per heavy atom. The first kappa shape index (κ1) is 41.3. The molecule has 268 valence electrons. The third-order valence-electron chi connectivity index (χ3n) is 8.76. The normalized spacial score (nSPS) is 13.1.